The lowest BCUT2D eigenvalue weighted by Gasteiger charge is -2.70. The van der Waals surface area contributed by atoms with Crippen molar-refractivity contribution in [3.63, 3.8) is 0 Å². The summed E-state index contributed by atoms with van der Waals surface area (Å²) >= 11 is 0. The molecule has 6 fully saturated rings. The fourth-order valence-electron chi connectivity index (χ4n) is 12.6. The summed E-state index contributed by atoms with van der Waals surface area (Å²) < 4.78 is 25.4. The molecule has 274 valence electrons. The van der Waals surface area contributed by atoms with Gasteiger partial charge in [0.2, 0.25) is 0 Å². The van der Waals surface area contributed by atoms with Gasteiger partial charge >= 0.3 is 5.97 Å². The molecule has 1 aromatic heterocycles. The normalized spacial score (nSPS) is 42.3. The summed E-state index contributed by atoms with van der Waals surface area (Å²) in [7, 11) is 5.09. The minimum Gasteiger partial charge on any atom is -0.454 e. The zero-order chi connectivity index (χ0) is 35.9. The van der Waals surface area contributed by atoms with Gasteiger partial charge in [-0.05, 0) is 87.4 Å². The number of carbonyl (C=O) groups excluding carboxylic acids is 2. The van der Waals surface area contributed by atoms with Crippen molar-refractivity contribution >= 4 is 23.6 Å². The number of carbonyl (C=O) groups is 2. The lowest BCUT2D eigenvalue weighted by atomic mass is 9.43. The zero-order valence-electron chi connectivity index (χ0n) is 30.2. The first-order valence-electron chi connectivity index (χ1n) is 18.5. The second-order valence-electron chi connectivity index (χ2n) is 16.0. The summed E-state index contributed by atoms with van der Waals surface area (Å²) in [6, 6.07) is 10.5. The Morgan fingerprint density at radius 3 is 2.49 bits per heavy atom. The topological polar surface area (TPSA) is 140 Å². The van der Waals surface area contributed by atoms with Gasteiger partial charge in [0.15, 0.2) is 0 Å². The van der Waals surface area contributed by atoms with Gasteiger partial charge in [-0.2, -0.15) is 0 Å². The van der Waals surface area contributed by atoms with Gasteiger partial charge in [-0.3, -0.25) is 14.7 Å². The molecule has 7 bridgehead atoms. The number of hydrogen-bond donors (Lipinski definition) is 3. The maximum absolute atomic E-state index is 14.5. The largest absolute Gasteiger partial charge is 0.454 e. The number of esters is 1. The highest BCUT2D eigenvalue weighted by Crippen LogP contribution is 2.78. The number of aliphatic hydroxyl groups is 2. The van der Waals surface area contributed by atoms with Crippen LogP contribution in [0.3, 0.4) is 0 Å². The molecular weight excluding hydrogens is 650 g/mol. The average Bonchev–Trinajstić information content (AvgIpc) is 3.53. The second kappa shape index (κ2) is 12.5. The molecule has 5 aliphatic carbocycles. The first kappa shape index (κ1) is 34.9. The number of ether oxygens (including phenoxy) is 4. The van der Waals surface area contributed by atoms with Crippen molar-refractivity contribution in [2.75, 3.05) is 39.7 Å². The van der Waals surface area contributed by atoms with Crippen LogP contribution < -0.4 is 5.32 Å². The van der Waals surface area contributed by atoms with E-state index in [1.807, 2.05) is 12.1 Å². The highest BCUT2D eigenvalue weighted by Gasteiger charge is 2.88. The van der Waals surface area contributed by atoms with Crippen molar-refractivity contribution in [2.24, 2.45) is 29.1 Å². The maximum atomic E-state index is 14.5. The average molecular weight is 702 g/mol. The van der Waals surface area contributed by atoms with E-state index in [-0.39, 0.29) is 53.4 Å². The fourth-order valence-corrected chi connectivity index (χ4v) is 12.6. The van der Waals surface area contributed by atoms with Gasteiger partial charge in [-0.1, -0.05) is 19.1 Å². The molecule has 2 aromatic rings. The Balaban J connectivity index is 1.18. The smallest absolute Gasteiger partial charge is 0.340 e. The second-order valence-corrected chi connectivity index (χ2v) is 16.0. The van der Waals surface area contributed by atoms with E-state index in [4.69, 9.17) is 18.9 Å². The molecule has 1 amide bonds. The summed E-state index contributed by atoms with van der Waals surface area (Å²) in [5, 5.41) is 29.2. The minimum atomic E-state index is -1.52. The molecule has 1 saturated heterocycles. The van der Waals surface area contributed by atoms with E-state index in [0.717, 1.165) is 5.56 Å². The van der Waals surface area contributed by atoms with Crippen molar-refractivity contribution in [3.8, 4) is 0 Å². The Morgan fingerprint density at radius 2 is 1.78 bits per heavy atom. The quantitative estimate of drug-likeness (QED) is 0.259. The van der Waals surface area contributed by atoms with E-state index in [1.54, 1.807) is 71.0 Å². The van der Waals surface area contributed by atoms with E-state index in [2.05, 4.69) is 22.1 Å². The van der Waals surface area contributed by atoms with Crippen LogP contribution in [0.4, 0.5) is 5.69 Å². The van der Waals surface area contributed by atoms with E-state index in [0.29, 0.717) is 62.9 Å². The number of rotatable bonds is 9. The number of piperidine rings is 1. The van der Waals surface area contributed by atoms with Crippen LogP contribution in [0.25, 0.3) is 6.08 Å². The number of amides is 1. The lowest BCUT2D eigenvalue weighted by Crippen LogP contribution is -2.82. The number of benzene rings is 1. The highest BCUT2D eigenvalue weighted by molar-refractivity contribution is 6.09. The zero-order valence-corrected chi connectivity index (χ0v) is 30.2. The summed E-state index contributed by atoms with van der Waals surface area (Å²) in [4.78, 5) is 34.3. The van der Waals surface area contributed by atoms with Crippen LogP contribution in [-0.4, -0.2) is 108 Å². The van der Waals surface area contributed by atoms with Gasteiger partial charge < -0.3 is 34.5 Å². The van der Waals surface area contributed by atoms with Gasteiger partial charge in [0.05, 0.1) is 29.6 Å². The highest BCUT2D eigenvalue weighted by atomic mass is 16.6. The lowest BCUT2D eigenvalue weighted by molar-refractivity contribution is -0.328. The third-order valence-corrected chi connectivity index (χ3v) is 14.2. The number of pyridine rings is 1. The van der Waals surface area contributed by atoms with E-state index in [1.165, 1.54) is 0 Å². The van der Waals surface area contributed by atoms with Crippen molar-refractivity contribution in [1.29, 1.82) is 0 Å². The van der Waals surface area contributed by atoms with Gasteiger partial charge in [0.1, 0.15) is 16.8 Å². The number of para-hydroxylation sites is 1. The molecule has 0 radical (unpaired) electrons. The molecule has 1 aliphatic heterocycles. The van der Waals surface area contributed by atoms with Crippen molar-refractivity contribution in [2.45, 2.75) is 93.5 Å². The Morgan fingerprint density at radius 1 is 1.02 bits per heavy atom. The number of nitrogens with zero attached hydrogens (tertiary/aromatic N) is 2. The third kappa shape index (κ3) is 4.67. The Bertz CT molecular complexity index is 1720. The molecule has 1 spiro atoms. The Hall–Kier alpha value is -3.19. The molecule has 12 atom stereocenters. The molecule has 11 heteroatoms. The third-order valence-electron chi connectivity index (χ3n) is 14.2. The molecule has 5 saturated carbocycles. The number of nitrogens with one attached hydrogen (secondary N) is 1. The van der Waals surface area contributed by atoms with Crippen LogP contribution in [0.5, 0.6) is 0 Å². The van der Waals surface area contributed by atoms with Gasteiger partial charge in [0.25, 0.3) is 5.91 Å². The molecule has 6 aliphatic rings. The number of anilines is 1. The molecule has 11 nitrogen and oxygen atoms in total. The van der Waals surface area contributed by atoms with Crippen molar-refractivity contribution in [3.05, 3.63) is 65.5 Å². The number of likely N-dealkylation sites (tertiary alicyclic amines) is 1. The summed E-state index contributed by atoms with van der Waals surface area (Å²) in [6.07, 6.45) is 7.66. The van der Waals surface area contributed by atoms with Crippen LogP contribution in [-0.2, 0) is 23.7 Å². The van der Waals surface area contributed by atoms with Crippen molar-refractivity contribution in [1.82, 2.24) is 9.88 Å². The number of aromatic nitrogens is 1. The van der Waals surface area contributed by atoms with Crippen LogP contribution in [0.2, 0.25) is 0 Å². The van der Waals surface area contributed by atoms with Crippen molar-refractivity contribution < 1.29 is 38.7 Å². The first-order chi connectivity index (χ1) is 24.5. The number of fused-ring (bicyclic) bond motifs is 2. The summed E-state index contributed by atoms with van der Waals surface area (Å²) in [5.74, 6) is -1.65. The van der Waals surface area contributed by atoms with Crippen LogP contribution >= 0.6 is 0 Å². The molecule has 8 rings (SSSR count). The number of hydrogen-bond acceptors (Lipinski definition) is 10. The predicted octanol–water partition coefficient (Wildman–Crippen LogP) is 4.09. The number of likely N-dealkylation sites (N-methyl/N-ethyl adjacent to an activating group) is 1. The molecule has 3 N–H and O–H groups in total. The van der Waals surface area contributed by atoms with Crippen LogP contribution in [0, 0.1) is 29.1 Å². The van der Waals surface area contributed by atoms with E-state index < -0.39 is 34.3 Å². The van der Waals surface area contributed by atoms with Gasteiger partial charge in [-0.15, -0.1) is 0 Å². The molecule has 1 unspecified atom stereocenters. The first-order valence-corrected chi connectivity index (χ1v) is 18.5. The van der Waals surface area contributed by atoms with E-state index >= 15 is 0 Å². The van der Waals surface area contributed by atoms with Gasteiger partial charge in [0, 0.05) is 81.5 Å². The molecule has 51 heavy (non-hydrogen) atoms. The minimum absolute atomic E-state index is 0.00330. The molecule has 2 heterocycles. The Kier molecular flexibility index (Phi) is 8.52. The predicted molar refractivity (Wildman–Crippen MR) is 189 cm³/mol. The molecular formula is C40H51N3O8. The van der Waals surface area contributed by atoms with Crippen LogP contribution in [0.15, 0.2) is 54.4 Å². The maximum Gasteiger partial charge on any atom is 0.340 e. The standard InChI is InChI=1S/C40H51N3O8/c1-6-43-22-37(51-36(45)27-9-7-8-10-29(27)42-35(44)23(2)17-24-12-15-41-16-13-24)14-11-32(49-4)39-30(37)20-28(33(39)43)38(46)21-26(48-3)18-25-19-31(39)40(38,47)34(25)50-5/h7-10,12-13,15-17,25-26,28,30-34,46-47H,6,11,14,18-22H2,1-5H3,(H,42,44)/b23-17+/t25-,26+,28+,30+,31-,32-,33?,34-,37+,38-,39-,40-/m0/s1. The Labute approximate surface area is 299 Å². The summed E-state index contributed by atoms with van der Waals surface area (Å²) in [5.41, 5.74) is -2.49. The fraction of sp³-hybridized carbons (Fsp3) is 0.625. The summed E-state index contributed by atoms with van der Waals surface area (Å²) in [6.45, 7) is 5.06. The SMILES string of the molecule is CCN1C[C@]2(OC(=O)c3ccccc3NC(=O)/C(C)=C/c3ccncc3)CC[C@H](OC)[C@]34C1[C@@H](C[C@H]23)[C@@]1(O)C[C@H](OC)C[C@H]2C[C@@H]4[C@]1(O)[C@H]2OC. The number of methoxy groups -OCH3 is 3. The van der Waals surface area contributed by atoms with Gasteiger partial charge in [-0.25, -0.2) is 4.79 Å². The molecule has 1 aromatic carbocycles. The van der Waals surface area contributed by atoms with Crippen LogP contribution in [0.1, 0.15) is 68.3 Å². The van der Waals surface area contributed by atoms with E-state index in [9.17, 15) is 19.8 Å². The monoisotopic (exact) mass is 701 g/mol.